The van der Waals surface area contributed by atoms with Crippen molar-refractivity contribution in [2.75, 3.05) is 25.5 Å². The number of hydrogen-bond acceptors (Lipinski definition) is 6. The Morgan fingerprint density at radius 3 is 2.50 bits per heavy atom. The molecule has 1 atom stereocenters. The van der Waals surface area contributed by atoms with Crippen LogP contribution in [-0.4, -0.2) is 46.6 Å². The summed E-state index contributed by atoms with van der Waals surface area (Å²) < 4.78 is 5.68. The first-order valence-corrected chi connectivity index (χ1v) is 11.3. The molecule has 162 valence electrons. The van der Waals surface area contributed by atoms with Crippen LogP contribution in [0.5, 0.6) is 0 Å². The van der Waals surface area contributed by atoms with Crippen molar-refractivity contribution in [1.29, 1.82) is 0 Å². The van der Waals surface area contributed by atoms with Gasteiger partial charge in [0.25, 0.3) is 0 Å². The zero-order valence-electron chi connectivity index (χ0n) is 18.6. The minimum atomic E-state index is -0.0466. The lowest BCUT2D eigenvalue weighted by molar-refractivity contribution is -0.140. The number of nitrogens with zero attached hydrogens (tertiary/aromatic N) is 5. The van der Waals surface area contributed by atoms with Gasteiger partial charge in [0, 0.05) is 38.3 Å². The van der Waals surface area contributed by atoms with E-state index in [-0.39, 0.29) is 12.0 Å². The average Bonchev–Trinajstić information content (AvgIpc) is 3.11. The third-order valence-electron chi connectivity index (χ3n) is 6.66. The summed E-state index contributed by atoms with van der Waals surface area (Å²) in [4.78, 5) is 27.0. The first-order chi connectivity index (χ1) is 14.5. The lowest BCUT2D eigenvalue weighted by Gasteiger charge is -2.39. The van der Waals surface area contributed by atoms with Crippen molar-refractivity contribution in [3.8, 4) is 11.3 Å². The number of amides is 1. The predicted molar refractivity (Wildman–Crippen MR) is 116 cm³/mol. The van der Waals surface area contributed by atoms with Crippen LogP contribution in [0.2, 0.25) is 0 Å². The van der Waals surface area contributed by atoms with Gasteiger partial charge < -0.3 is 14.3 Å². The third-order valence-corrected chi connectivity index (χ3v) is 6.66. The monoisotopic (exact) mass is 411 g/mol. The predicted octanol–water partition coefficient (Wildman–Crippen LogP) is 4.45. The third kappa shape index (κ3) is 3.94. The second-order valence-corrected chi connectivity index (χ2v) is 8.96. The van der Waals surface area contributed by atoms with E-state index in [4.69, 9.17) is 9.51 Å². The smallest absolute Gasteiger partial charge is 0.226 e. The Bertz CT molecular complexity index is 901. The summed E-state index contributed by atoms with van der Waals surface area (Å²) >= 11 is 0. The van der Waals surface area contributed by atoms with Crippen LogP contribution in [0.3, 0.4) is 0 Å². The number of anilines is 1. The molecule has 2 aliphatic rings. The molecular weight excluding hydrogens is 378 g/mol. The molecule has 2 fully saturated rings. The molecule has 7 nitrogen and oxygen atoms in total. The highest BCUT2D eigenvalue weighted by Gasteiger charge is 2.36. The molecule has 2 aromatic heterocycles. The molecule has 0 N–H and O–H groups in total. The van der Waals surface area contributed by atoms with E-state index in [1.54, 1.807) is 0 Å². The van der Waals surface area contributed by atoms with Crippen LogP contribution in [0.15, 0.2) is 10.7 Å². The van der Waals surface area contributed by atoms with Gasteiger partial charge in [-0.25, -0.2) is 9.97 Å². The summed E-state index contributed by atoms with van der Waals surface area (Å²) in [5.41, 5.74) is 3.61. The Balaban J connectivity index is 1.76. The molecule has 3 heterocycles. The van der Waals surface area contributed by atoms with E-state index < -0.39 is 0 Å². The fourth-order valence-electron chi connectivity index (χ4n) is 4.76. The van der Waals surface area contributed by atoms with Crippen molar-refractivity contribution < 1.29 is 9.32 Å². The first kappa shape index (κ1) is 20.8. The maximum absolute atomic E-state index is 13.5. The largest absolute Gasteiger partial charge is 0.356 e. The van der Waals surface area contributed by atoms with Crippen LogP contribution in [0.25, 0.3) is 11.3 Å². The molecule has 0 bridgehead atoms. The van der Waals surface area contributed by atoms with E-state index >= 15 is 0 Å². The molecule has 1 saturated heterocycles. The topological polar surface area (TPSA) is 75.4 Å². The van der Waals surface area contributed by atoms with Crippen molar-refractivity contribution >= 4 is 11.9 Å². The molecule has 7 heteroatoms. The van der Waals surface area contributed by atoms with E-state index in [9.17, 15) is 4.79 Å². The minimum Gasteiger partial charge on any atom is -0.356 e. The van der Waals surface area contributed by atoms with Crippen molar-refractivity contribution in [3.63, 3.8) is 0 Å². The standard InChI is InChI=1S/C23H33N5O2/c1-15-16(2)26-30-21(15)18-14-24-23(27(3)4)25-20(18)19-12-8-9-13-28(19)22(29)17-10-6-5-7-11-17/h14,17,19H,5-13H2,1-4H3/t19-/m1/s1. The van der Waals surface area contributed by atoms with Gasteiger partial charge in [-0.1, -0.05) is 24.4 Å². The molecule has 0 radical (unpaired) electrons. The number of carbonyl (C=O) groups is 1. The van der Waals surface area contributed by atoms with E-state index in [2.05, 4.69) is 15.0 Å². The number of likely N-dealkylation sites (tertiary alicyclic amines) is 1. The summed E-state index contributed by atoms with van der Waals surface area (Å²) in [6.07, 6.45) is 10.5. The van der Waals surface area contributed by atoms with Gasteiger partial charge in [-0.3, -0.25) is 4.79 Å². The van der Waals surface area contributed by atoms with Gasteiger partial charge in [-0.15, -0.1) is 0 Å². The Labute approximate surface area is 178 Å². The highest BCUT2D eigenvalue weighted by molar-refractivity contribution is 5.80. The van der Waals surface area contributed by atoms with E-state index in [0.717, 1.165) is 74.0 Å². The molecule has 0 unspecified atom stereocenters. The number of piperidine rings is 1. The molecule has 4 rings (SSSR count). The summed E-state index contributed by atoms with van der Waals surface area (Å²) in [5.74, 6) is 1.83. The normalized spacial score (nSPS) is 20.4. The first-order valence-electron chi connectivity index (χ1n) is 11.3. The maximum atomic E-state index is 13.5. The van der Waals surface area contributed by atoms with Gasteiger partial charge in [-0.05, 0) is 46.0 Å². The van der Waals surface area contributed by atoms with E-state index in [1.807, 2.05) is 39.0 Å². The molecule has 0 aromatic carbocycles. The SMILES string of the molecule is Cc1noc(-c2cnc(N(C)C)nc2[C@H]2CCCCN2C(=O)C2CCCCC2)c1C. The molecule has 1 aliphatic heterocycles. The molecule has 1 aliphatic carbocycles. The van der Waals surface area contributed by atoms with E-state index in [1.165, 1.54) is 6.42 Å². The van der Waals surface area contributed by atoms with Crippen molar-refractivity contribution in [1.82, 2.24) is 20.0 Å². The Hall–Kier alpha value is -2.44. The van der Waals surface area contributed by atoms with Gasteiger partial charge in [0.2, 0.25) is 11.9 Å². The zero-order valence-corrected chi connectivity index (χ0v) is 18.6. The number of carbonyl (C=O) groups excluding carboxylic acids is 1. The van der Waals surface area contributed by atoms with Gasteiger partial charge >= 0.3 is 0 Å². The van der Waals surface area contributed by atoms with Crippen LogP contribution < -0.4 is 4.90 Å². The molecule has 1 amide bonds. The van der Waals surface area contributed by atoms with Gasteiger partial charge in [0.05, 0.1) is 23.0 Å². The maximum Gasteiger partial charge on any atom is 0.226 e. The molecule has 1 saturated carbocycles. The zero-order chi connectivity index (χ0) is 21.3. The second kappa shape index (κ2) is 8.74. The molecular formula is C23H33N5O2. The molecule has 2 aromatic rings. The van der Waals surface area contributed by atoms with E-state index in [0.29, 0.717) is 17.6 Å². The number of hydrogen-bond donors (Lipinski definition) is 0. The highest BCUT2D eigenvalue weighted by atomic mass is 16.5. The fraction of sp³-hybridized carbons (Fsp3) is 0.652. The van der Waals surface area contributed by atoms with Crippen molar-refractivity contribution in [2.45, 2.75) is 71.3 Å². The molecule has 30 heavy (non-hydrogen) atoms. The fourth-order valence-corrected chi connectivity index (χ4v) is 4.76. The van der Waals surface area contributed by atoms with Crippen molar-refractivity contribution in [2.24, 2.45) is 5.92 Å². The van der Waals surface area contributed by atoms with Gasteiger partial charge in [-0.2, -0.15) is 0 Å². The van der Waals surface area contributed by atoms with Gasteiger partial charge in [0.1, 0.15) is 0 Å². The minimum absolute atomic E-state index is 0.0466. The summed E-state index contributed by atoms with van der Waals surface area (Å²) in [6.45, 7) is 4.75. The Morgan fingerprint density at radius 1 is 1.10 bits per heavy atom. The van der Waals surface area contributed by atoms with Crippen LogP contribution >= 0.6 is 0 Å². The summed E-state index contributed by atoms with van der Waals surface area (Å²) in [5, 5.41) is 4.14. The quantitative estimate of drug-likeness (QED) is 0.740. The van der Waals surface area contributed by atoms with Crippen molar-refractivity contribution in [3.05, 3.63) is 23.1 Å². The average molecular weight is 412 g/mol. The van der Waals surface area contributed by atoms with Crippen LogP contribution in [0.1, 0.15) is 74.4 Å². The van der Waals surface area contributed by atoms with Crippen LogP contribution in [-0.2, 0) is 4.79 Å². The lowest BCUT2D eigenvalue weighted by atomic mass is 9.86. The number of aryl methyl sites for hydroxylation is 1. The number of aromatic nitrogens is 3. The Kier molecular flexibility index (Phi) is 6.06. The Morgan fingerprint density at radius 2 is 1.83 bits per heavy atom. The second-order valence-electron chi connectivity index (χ2n) is 8.96. The molecule has 0 spiro atoms. The van der Waals surface area contributed by atoms with Crippen LogP contribution in [0, 0.1) is 19.8 Å². The summed E-state index contributed by atoms with van der Waals surface area (Å²) in [7, 11) is 3.88. The lowest BCUT2D eigenvalue weighted by Crippen LogP contribution is -2.43. The number of rotatable bonds is 4. The van der Waals surface area contributed by atoms with Crippen LogP contribution in [0.4, 0.5) is 5.95 Å². The summed E-state index contributed by atoms with van der Waals surface area (Å²) in [6, 6.07) is -0.0466. The highest BCUT2D eigenvalue weighted by Crippen LogP contribution is 2.39. The van der Waals surface area contributed by atoms with Gasteiger partial charge in [0.15, 0.2) is 5.76 Å².